The molecule has 0 spiro atoms. The van der Waals surface area contributed by atoms with Gasteiger partial charge in [-0.25, -0.2) is 0 Å². The molecule has 0 aromatic heterocycles. The van der Waals surface area contributed by atoms with Crippen LogP contribution in [0.1, 0.15) is 0 Å². The van der Waals surface area contributed by atoms with E-state index in [9.17, 15) is 91.9 Å². The lowest BCUT2D eigenvalue weighted by molar-refractivity contribution is -0.393. The minimum atomic E-state index is -2.22. The van der Waals surface area contributed by atoms with Crippen molar-refractivity contribution in [3.8, 4) is 0 Å². The Labute approximate surface area is 355 Å². The summed E-state index contributed by atoms with van der Waals surface area (Å²) in [5, 5.41) is 188. The van der Waals surface area contributed by atoms with Crippen LogP contribution < -0.4 is 0 Å². The lowest BCUT2D eigenvalue weighted by Crippen LogP contribution is -2.68. The lowest BCUT2D eigenvalue weighted by atomic mass is 9.95. The zero-order valence-electron chi connectivity index (χ0n) is 32.9. The van der Waals surface area contributed by atoms with Crippen molar-refractivity contribution in [1.82, 2.24) is 0 Å². The second kappa shape index (κ2) is 21.9. The van der Waals surface area contributed by atoms with E-state index in [0.29, 0.717) is 0 Å². The van der Waals surface area contributed by atoms with Crippen LogP contribution in [-0.2, 0) is 52.1 Å². The standard InChI is InChI=1S/C34H58O29/c35-1-9-15(41)16(42)23(49)32(58-9)62-27-11(5-55-30-21(47)13(39)7(37)3-53-30)60-34(25(51)19(27)45)63-28-12(6-56-31-22(48)14(40)8(38)4-54-31)59-33(24(50)18(28)44)61-26-10(2-36)57-29(52)20(46)17(26)43/h7-52H,1-6H2/t7-,8-,9-,10-,11-,12-,13+,14+,15-,16+,17-,18-,19+,20-,21-,22-,23-,24-,25-,26-,27-,28-,29-,30-,31-,32+,33+,34+/m1/s1. The summed E-state index contributed by atoms with van der Waals surface area (Å²) in [5.74, 6) is 0. The van der Waals surface area contributed by atoms with Crippen LogP contribution in [0.25, 0.3) is 0 Å². The van der Waals surface area contributed by atoms with E-state index >= 15 is 0 Å². The first-order valence-electron chi connectivity index (χ1n) is 19.9. The van der Waals surface area contributed by atoms with Crippen molar-refractivity contribution in [1.29, 1.82) is 0 Å². The molecular weight excluding hydrogens is 872 g/mol. The van der Waals surface area contributed by atoms with Crippen LogP contribution in [0.2, 0.25) is 0 Å². The molecule has 6 rings (SSSR count). The number of hydrogen-bond donors (Lipinski definition) is 18. The van der Waals surface area contributed by atoms with Gasteiger partial charge in [-0.2, -0.15) is 0 Å². The maximum absolute atomic E-state index is 11.5. The minimum Gasteiger partial charge on any atom is -0.394 e. The molecule has 0 aliphatic carbocycles. The van der Waals surface area contributed by atoms with Gasteiger partial charge in [0.25, 0.3) is 0 Å². The third kappa shape index (κ3) is 10.9. The fourth-order valence-electron chi connectivity index (χ4n) is 7.75. The quantitative estimate of drug-likeness (QED) is 0.0769. The lowest BCUT2D eigenvalue weighted by Gasteiger charge is -2.49. The second-order valence-corrected chi connectivity index (χ2v) is 15.9. The van der Waals surface area contributed by atoms with Gasteiger partial charge in [0.05, 0.1) is 39.6 Å². The van der Waals surface area contributed by atoms with Gasteiger partial charge in [-0.3, -0.25) is 0 Å². The van der Waals surface area contributed by atoms with Crippen molar-refractivity contribution in [3.05, 3.63) is 0 Å². The Morgan fingerprint density at radius 2 is 0.683 bits per heavy atom. The van der Waals surface area contributed by atoms with E-state index in [2.05, 4.69) is 0 Å². The molecule has 29 nitrogen and oxygen atoms in total. The van der Waals surface area contributed by atoms with Gasteiger partial charge in [0.2, 0.25) is 0 Å². The summed E-state index contributed by atoms with van der Waals surface area (Å²) in [6, 6.07) is 0. The highest BCUT2D eigenvalue weighted by Gasteiger charge is 2.56. The molecule has 0 radical (unpaired) electrons. The fraction of sp³-hybridized carbons (Fsp3) is 1.00. The summed E-state index contributed by atoms with van der Waals surface area (Å²) < 4.78 is 61.2. The van der Waals surface area contributed by atoms with Crippen LogP contribution in [0.15, 0.2) is 0 Å². The molecule has 0 unspecified atom stereocenters. The molecule has 6 saturated heterocycles. The summed E-state index contributed by atoms with van der Waals surface area (Å²) in [4.78, 5) is 0. The summed E-state index contributed by atoms with van der Waals surface area (Å²) in [6.07, 6.45) is -52.2. The van der Waals surface area contributed by atoms with Gasteiger partial charge < -0.3 is 144 Å². The molecule has 29 heteroatoms. The Morgan fingerprint density at radius 3 is 1.10 bits per heavy atom. The number of aliphatic hydroxyl groups excluding tert-OH is 18. The monoisotopic (exact) mass is 930 g/mol. The molecule has 0 aromatic rings. The van der Waals surface area contributed by atoms with E-state index in [-0.39, 0.29) is 0 Å². The average Bonchev–Trinajstić information content (AvgIpc) is 3.26. The minimum absolute atomic E-state index is 0.513. The van der Waals surface area contributed by atoms with Crippen LogP contribution in [0.3, 0.4) is 0 Å². The van der Waals surface area contributed by atoms with Gasteiger partial charge in [-0.1, -0.05) is 0 Å². The summed E-state index contributed by atoms with van der Waals surface area (Å²) in [5.41, 5.74) is 0. The topological polar surface area (TPSA) is 466 Å². The van der Waals surface area contributed by atoms with E-state index in [1.165, 1.54) is 0 Å². The zero-order valence-corrected chi connectivity index (χ0v) is 32.9. The van der Waals surface area contributed by atoms with E-state index in [0.717, 1.165) is 0 Å². The molecule has 0 bridgehead atoms. The van der Waals surface area contributed by atoms with Crippen molar-refractivity contribution in [2.24, 2.45) is 0 Å². The first kappa shape index (κ1) is 51.2. The van der Waals surface area contributed by atoms with Gasteiger partial charge in [-0.05, 0) is 0 Å². The Morgan fingerprint density at radius 1 is 0.333 bits per heavy atom. The predicted molar refractivity (Wildman–Crippen MR) is 187 cm³/mol. The average molecular weight is 931 g/mol. The molecule has 6 aliphatic heterocycles. The highest BCUT2D eigenvalue weighted by atomic mass is 16.8. The SMILES string of the molecule is OC[C@H]1O[C@@H](O[C@H]2[C@@H](O)[C@@H](O)[C@H](O[C@H]3[C@H](O)[C@@H](O)[C@H](O[C@H]4[C@H](O)[C@@H](O)[C@H](O)O[C@@H]4CO)O[C@@H]3CO[C@H]3OC[C@@H](O)[C@H](O)[C@H]3O)O[C@@H]2CO[C@H]2OC[C@@H](O)[C@H](O)[C@H]2O)[C@H](O)[C@@H](O)[C@@H]1O. The van der Waals surface area contributed by atoms with E-state index in [1.54, 1.807) is 0 Å². The Balaban J connectivity index is 1.25. The molecule has 368 valence electrons. The Bertz CT molecular complexity index is 1400. The molecule has 63 heavy (non-hydrogen) atoms. The van der Waals surface area contributed by atoms with Gasteiger partial charge in [-0.15, -0.1) is 0 Å². The number of rotatable bonds is 14. The molecular formula is C34H58O29. The van der Waals surface area contributed by atoms with E-state index in [1.807, 2.05) is 0 Å². The third-order valence-electron chi connectivity index (χ3n) is 11.6. The largest absolute Gasteiger partial charge is 0.394 e. The number of hydrogen-bond acceptors (Lipinski definition) is 29. The van der Waals surface area contributed by atoms with Crippen LogP contribution >= 0.6 is 0 Å². The van der Waals surface area contributed by atoms with Crippen molar-refractivity contribution in [2.45, 2.75) is 172 Å². The molecule has 6 aliphatic rings. The van der Waals surface area contributed by atoms with Crippen molar-refractivity contribution < 1.29 is 144 Å². The smallest absolute Gasteiger partial charge is 0.187 e. The summed E-state index contributed by atoms with van der Waals surface area (Å²) in [7, 11) is 0. The molecule has 6 heterocycles. The molecule has 0 saturated carbocycles. The number of ether oxygens (including phenoxy) is 11. The second-order valence-electron chi connectivity index (χ2n) is 15.9. The van der Waals surface area contributed by atoms with Gasteiger partial charge in [0.15, 0.2) is 37.7 Å². The van der Waals surface area contributed by atoms with Crippen LogP contribution in [0.5, 0.6) is 0 Å². The first-order valence-corrected chi connectivity index (χ1v) is 19.9. The zero-order chi connectivity index (χ0) is 46.2. The van der Waals surface area contributed by atoms with Crippen molar-refractivity contribution in [2.75, 3.05) is 39.6 Å². The highest BCUT2D eigenvalue weighted by Crippen LogP contribution is 2.35. The number of aliphatic hydroxyl groups is 18. The molecule has 18 N–H and O–H groups in total. The van der Waals surface area contributed by atoms with E-state index < -0.39 is 212 Å². The van der Waals surface area contributed by atoms with Gasteiger partial charge >= 0.3 is 0 Å². The predicted octanol–water partition coefficient (Wildman–Crippen LogP) is -12.8. The Kier molecular flexibility index (Phi) is 17.8. The summed E-state index contributed by atoms with van der Waals surface area (Å²) in [6.45, 7) is -4.44. The van der Waals surface area contributed by atoms with Crippen molar-refractivity contribution in [3.63, 3.8) is 0 Å². The van der Waals surface area contributed by atoms with E-state index in [4.69, 9.17) is 52.1 Å². The molecule has 6 fully saturated rings. The van der Waals surface area contributed by atoms with Crippen LogP contribution in [0, 0.1) is 0 Å². The van der Waals surface area contributed by atoms with Crippen molar-refractivity contribution >= 4 is 0 Å². The molecule has 28 atom stereocenters. The fourth-order valence-corrected chi connectivity index (χ4v) is 7.75. The normalized spacial score (nSPS) is 53.6. The highest BCUT2D eigenvalue weighted by molar-refractivity contribution is 4.98. The Hall–Kier alpha value is -1.16. The molecule has 0 aromatic carbocycles. The maximum Gasteiger partial charge on any atom is 0.187 e. The first-order chi connectivity index (χ1) is 29.8. The van der Waals surface area contributed by atoms with Crippen LogP contribution in [-0.4, -0.2) is 304 Å². The molecule has 0 amide bonds. The van der Waals surface area contributed by atoms with Gasteiger partial charge in [0.1, 0.15) is 134 Å². The third-order valence-corrected chi connectivity index (χ3v) is 11.6. The van der Waals surface area contributed by atoms with Gasteiger partial charge in [0, 0.05) is 0 Å². The van der Waals surface area contributed by atoms with Crippen LogP contribution in [0.4, 0.5) is 0 Å². The maximum atomic E-state index is 11.5. The summed E-state index contributed by atoms with van der Waals surface area (Å²) >= 11 is 0.